The monoisotopic (exact) mass is 346 g/mol. The number of benzene rings is 1. The smallest absolute Gasteiger partial charge is 0.123 e. The lowest BCUT2D eigenvalue weighted by Crippen LogP contribution is -2.40. The number of aliphatic hydroxyl groups is 1. The summed E-state index contributed by atoms with van der Waals surface area (Å²) in [6.45, 7) is 0.852. The van der Waals surface area contributed by atoms with Gasteiger partial charge in [0.05, 0.1) is 11.3 Å². The van der Waals surface area contributed by atoms with Crippen LogP contribution in [0.5, 0.6) is 0 Å². The van der Waals surface area contributed by atoms with Crippen molar-refractivity contribution in [2.24, 2.45) is 0 Å². The number of nitrogens with one attached hydrogen (secondary N) is 1. The lowest BCUT2D eigenvalue weighted by molar-refractivity contribution is -0.0399. The first-order chi connectivity index (χ1) is 11.6. The highest BCUT2D eigenvalue weighted by Gasteiger charge is 2.34. The molecule has 1 saturated carbocycles. The Labute approximate surface area is 145 Å². The Balaban J connectivity index is 1.46. The van der Waals surface area contributed by atoms with Crippen molar-refractivity contribution < 1.29 is 9.50 Å². The van der Waals surface area contributed by atoms with Gasteiger partial charge in [-0.2, -0.15) is 0 Å². The molecule has 4 rings (SSSR count). The molecule has 2 aliphatic carbocycles. The molecule has 1 fully saturated rings. The Morgan fingerprint density at radius 1 is 1.25 bits per heavy atom. The third-order valence-corrected chi connectivity index (χ3v) is 6.57. The molecular weight excluding hydrogens is 323 g/mol. The summed E-state index contributed by atoms with van der Waals surface area (Å²) >= 11 is 1.72. The summed E-state index contributed by atoms with van der Waals surface area (Å²) < 4.78 is 13.1. The van der Waals surface area contributed by atoms with Crippen LogP contribution in [0.1, 0.15) is 55.1 Å². The van der Waals surface area contributed by atoms with E-state index < -0.39 is 5.60 Å². The van der Waals surface area contributed by atoms with E-state index in [0.717, 1.165) is 62.1 Å². The third-order valence-electron chi connectivity index (χ3n) is 5.31. The van der Waals surface area contributed by atoms with Gasteiger partial charge in [0, 0.05) is 16.5 Å². The Hall–Kier alpha value is -1.30. The molecule has 0 spiro atoms. The largest absolute Gasteiger partial charge is 0.390 e. The van der Waals surface area contributed by atoms with Gasteiger partial charge in [-0.3, -0.25) is 0 Å². The first-order valence-corrected chi connectivity index (χ1v) is 9.66. The molecular formula is C19H23FN2OS. The highest BCUT2D eigenvalue weighted by molar-refractivity contribution is 7.15. The first-order valence-electron chi connectivity index (χ1n) is 8.84. The molecule has 0 saturated heterocycles. The number of hydrogen-bond donors (Lipinski definition) is 2. The summed E-state index contributed by atoms with van der Waals surface area (Å²) in [5.41, 5.74) is 1.75. The molecule has 3 nitrogen and oxygen atoms in total. The zero-order valence-corrected chi connectivity index (χ0v) is 14.5. The molecule has 24 heavy (non-hydrogen) atoms. The Morgan fingerprint density at radius 3 is 2.75 bits per heavy atom. The van der Waals surface area contributed by atoms with E-state index in [1.54, 1.807) is 23.5 Å². The van der Waals surface area contributed by atoms with Crippen LogP contribution in [0.4, 0.5) is 4.39 Å². The van der Waals surface area contributed by atoms with Crippen LogP contribution in [-0.4, -0.2) is 22.2 Å². The van der Waals surface area contributed by atoms with E-state index in [4.69, 9.17) is 4.98 Å². The zero-order valence-electron chi connectivity index (χ0n) is 13.7. The number of halogens is 1. The van der Waals surface area contributed by atoms with Crippen LogP contribution >= 0.6 is 11.3 Å². The van der Waals surface area contributed by atoms with Crippen molar-refractivity contribution in [3.63, 3.8) is 0 Å². The summed E-state index contributed by atoms with van der Waals surface area (Å²) in [6, 6.07) is 6.92. The number of rotatable bonds is 5. The van der Waals surface area contributed by atoms with E-state index in [0.29, 0.717) is 6.04 Å². The average Bonchev–Trinajstić information content (AvgIpc) is 2.99. The second kappa shape index (κ2) is 6.54. The number of fused-ring (bicyclic) bond motifs is 1. The van der Waals surface area contributed by atoms with Gasteiger partial charge in [0.15, 0.2) is 0 Å². The maximum atomic E-state index is 13.1. The molecule has 0 amide bonds. The average molecular weight is 346 g/mol. The van der Waals surface area contributed by atoms with E-state index in [2.05, 4.69) is 5.32 Å². The van der Waals surface area contributed by atoms with Gasteiger partial charge >= 0.3 is 0 Å². The van der Waals surface area contributed by atoms with E-state index in [1.165, 1.54) is 22.7 Å². The van der Waals surface area contributed by atoms with Crippen molar-refractivity contribution in [1.82, 2.24) is 10.3 Å². The molecule has 1 aromatic carbocycles. The summed E-state index contributed by atoms with van der Waals surface area (Å²) in [6.07, 6.45) is 7.16. The SMILES string of the molecule is OC1(CCNC2CCCc3nc(-c4ccc(F)cc4)sc32)CCC1. The molecule has 128 valence electrons. The molecule has 2 aliphatic rings. The van der Waals surface area contributed by atoms with Crippen LogP contribution in [0.15, 0.2) is 24.3 Å². The fourth-order valence-electron chi connectivity index (χ4n) is 3.64. The van der Waals surface area contributed by atoms with E-state index in [-0.39, 0.29) is 5.82 Å². The fraction of sp³-hybridized carbons (Fsp3) is 0.526. The zero-order chi connectivity index (χ0) is 16.6. The number of aromatic nitrogens is 1. The molecule has 0 radical (unpaired) electrons. The molecule has 1 aromatic heterocycles. The van der Waals surface area contributed by atoms with Crippen LogP contribution in [0.25, 0.3) is 10.6 Å². The van der Waals surface area contributed by atoms with Gasteiger partial charge in [-0.25, -0.2) is 9.37 Å². The van der Waals surface area contributed by atoms with Crippen molar-refractivity contribution in [1.29, 1.82) is 0 Å². The van der Waals surface area contributed by atoms with Crippen molar-refractivity contribution >= 4 is 11.3 Å². The third kappa shape index (κ3) is 3.25. The van der Waals surface area contributed by atoms with Gasteiger partial charge in [0.25, 0.3) is 0 Å². The predicted molar refractivity (Wildman–Crippen MR) is 94.6 cm³/mol. The molecule has 1 unspecified atom stereocenters. The quantitative estimate of drug-likeness (QED) is 0.852. The van der Waals surface area contributed by atoms with Crippen molar-refractivity contribution in [3.05, 3.63) is 40.7 Å². The maximum Gasteiger partial charge on any atom is 0.123 e. The van der Waals surface area contributed by atoms with Crippen LogP contribution < -0.4 is 5.32 Å². The van der Waals surface area contributed by atoms with Gasteiger partial charge in [0.2, 0.25) is 0 Å². The molecule has 2 N–H and O–H groups in total. The second-order valence-corrected chi connectivity index (χ2v) is 8.09. The minimum atomic E-state index is -0.419. The van der Waals surface area contributed by atoms with Crippen LogP contribution in [0.3, 0.4) is 0 Å². The van der Waals surface area contributed by atoms with Gasteiger partial charge in [-0.1, -0.05) is 0 Å². The highest BCUT2D eigenvalue weighted by atomic mass is 32.1. The Kier molecular flexibility index (Phi) is 4.41. The number of nitrogens with zero attached hydrogens (tertiary/aromatic N) is 1. The van der Waals surface area contributed by atoms with Gasteiger partial charge in [0.1, 0.15) is 10.8 Å². The molecule has 5 heteroatoms. The van der Waals surface area contributed by atoms with Crippen molar-refractivity contribution in [2.75, 3.05) is 6.54 Å². The predicted octanol–water partition coefficient (Wildman–Crippen LogP) is 4.22. The molecule has 0 bridgehead atoms. The highest BCUT2D eigenvalue weighted by Crippen LogP contribution is 2.39. The van der Waals surface area contributed by atoms with E-state index in [9.17, 15) is 9.50 Å². The molecule has 0 aliphatic heterocycles. The molecule has 2 aromatic rings. The van der Waals surface area contributed by atoms with Gasteiger partial charge < -0.3 is 10.4 Å². The lowest BCUT2D eigenvalue weighted by atomic mass is 9.78. The summed E-state index contributed by atoms with van der Waals surface area (Å²) in [4.78, 5) is 6.11. The van der Waals surface area contributed by atoms with Crippen LogP contribution in [-0.2, 0) is 6.42 Å². The summed E-state index contributed by atoms with van der Waals surface area (Å²) in [5.74, 6) is -0.214. The first kappa shape index (κ1) is 16.2. The molecule has 1 atom stereocenters. The fourth-order valence-corrected chi connectivity index (χ4v) is 4.87. The topological polar surface area (TPSA) is 45.1 Å². The normalized spacial score (nSPS) is 22.0. The van der Waals surface area contributed by atoms with Crippen molar-refractivity contribution in [3.8, 4) is 10.6 Å². The number of thiazole rings is 1. The van der Waals surface area contributed by atoms with Crippen molar-refractivity contribution in [2.45, 2.75) is 56.6 Å². The second-order valence-electron chi connectivity index (χ2n) is 7.06. The number of aryl methyl sites for hydroxylation is 1. The summed E-state index contributed by atoms with van der Waals surface area (Å²) in [7, 11) is 0. The standard InChI is InChI=1S/C19H23FN2OS/c20-14-7-5-13(6-8-14)18-22-16-4-1-3-15(17(16)24-18)21-12-11-19(23)9-2-10-19/h5-8,15,21,23H,1-4,9-12H2. The van der Waals surface area contributed by atoms with E-state index in [1.807, 2.05) is 0 Å². The lowest BCUT2D eigenvalue weighted by Gasteiger charge is -2.37. The Morgan fingerprint density at radius 2 is 2.04 bits per heavy atom. The molecule has 1 heterocycles. The minimum absolute atomic E-state index is 0.214. The van der Waals surface area contributed by atoms with E-state index >= 15 is 0 Å². The van der Waals surface area contributed by atoms with Crippen LogP contribution in [0.2, 0.25) is 0 Å². The minimum Gasteiger partial charge on any atom is -0.390 e. The maximum absolute atomic E-state index is 13.1. The van der Waals surface area contributed by atoms with Crippen LogP contribution in [0, 0.1) is 5.82 Å². The van der Waals surface area contributed by atoms with Gasteiger partial charge in [-0.15, -0.1) is 11.3 Å². The Bertz CT molecular complexity index is 709. The summed E-state index contributed by atoms with van der Waals surface area (Å²) in [5, 5.41) is 14.8. The van der Waals surface area contributed by atoms with Gasteiger partial charge in [-0.05, 0) is 75.8 Å². The number of hydrogen-bond acceptors (Lipinski definition) is 4.